The number of sulfone groups is 1. The monoisotopic (exact) mass is 471 g/mol. The topological polar surface area (TPSA) is 110 Å². The number of hydrogen-bond acceptors (Lipinski definition) is 6. The Labute approximate surface area is 192 Å². The quantitative estimate of drug-likeness (QED) is 0.592. The molecule has 0 saturated carbocycles. The lowest BCUT2D eigenvalue weighted by molar-refractivity contribution is -0.137. The highest BCUT2D eigenvalue weighted by molar-refractivity contribution is 7.90. The van der Waals surface area contributed by atoms with E-state index in [1.54, 1.807) is 41.3 Å². The minimum Gasteiger partial charge on any atom is -0.340 e. The largest absolute Gasteiger partial charge is 0.340 e. The van der Waals surface area contributed by atoms with Crippen LogP contribution in [-0.2, 0) is 26.7 Å². The minimum absolute atomic E-state index is 0.0926. The SMILES string of the molecule is CC1(C)c2nc(-c3ccc(S(C)(=O)=O)cc3)c(Nc3ccc(F)cc3)n2CCN1C(=O)CN. The van der Waals surface area contributed by atoms with E-state index in [0.717, 1.165) is 6.26 Å². The van der Waals surface area contributed by atoms with Crippen molar-refractivity contribution >= 4 is 27.2 Å². The van der Waals surface area contributed by atoms with Gasteiger partial charge in [-0.3, -0.25) is 4.79 Å². The number of nitrogens with two attached hydrogens (primary N) is 1. The molecular weight excluding hydrogens is 445 g/mol. The van der Waals surface area contributed by atoms with Gasteiger partial charge in [-0.05, 0) is 50.2 Å². The summed E-state index contributed by atoms with van der Waals surface area (Å²) >= 11 is 0. The van der Waals surface area contributed by atoms with Crippen molar-refractivity contribution in [2.75, 3.05) is 24.7 Å². The lowest BCUT2D eigenvalue weighted by atomic mass is 9.99. The van der Waals surface area contributed by atoms with Gasteiger partial charge in [0, 0.05) is 30.6 Å². The first-order valence-corrected chi connectivity index (χ1v) is 12.4. The number of nitrogens with one attached hydrogen (secondary N) is 1. The van der Waals surface area contributed by atoms with E-state index in [1.807, 2.05) is 18.4 Å². The summed E-state index contributed by atoms with van der Waals surface area (Å²) in [6.45, 7) is 4.68. The zero-order valence-corrected chi connectivity index (χ0v) is 19.5. The maximum Gasteiger partial charge on any atom is 0.237 e. The molecule has 0 radical (unpaired) electrons. The second kappa shape index (κ2) is 8.27. The molecule has 0 unspecified atom stereocenters. The summed E-state index contributed by atoms with van der Waals surface area (Å²) in [5.41, 5.74) is 6.88. The third-order valence-corrected chi connectivity index (χ3v) is 7.00. The normalized spacial score (nSPS) is 15.2. The van der Waals surface area contributed by atoms with Gasteiger partial charge in [-0.2, -0.15) is 0 Å². The van der Waals surface area contributed by atoms with Gasteiger partial charge < -0.3 is 20.5 Å². The zero-order chi connectivity index (χ0) is 24.0. The van der Waals surface area contributed by atoms with Crippen molar-refractivity contribution in [3.05, 3.63) is 60.2 Å². The molecule has 2 aromatic carbocycles. The summed E-state index contributed by atoms with van der Waals surface area (Å²) in [4.78, 5) is 19.3. The van der Waals surface area contributed by atoms with Gasteiger partial charge >= 0.3 is 0 Å². The van der Waals surface area contributed by atoms with Crippen molar-refractivity contribution in [3.8, 4) is 11.3 Å². The Kier molecular flexibility index (Phi) is 5.75. The van der Waals surface area contributed by atoms with Gasteiger partial charge in [0.15, 0.2) is 9.84 Å². The van der Waals surface area contributed by atoms with Crippen LogP contribution >= 0.6 is 0 Å². The molecule has 3 aromatic rings. The average Bonchev–Trinajstić information content (AvgIpc) is 3.14. The van der Waals surface area contributed by atoms with Crippen LogP contribution in [-0.4, -0.2) is 48.1 Å². The molecule has 4 rings (SSSR count). The van der Waals surface area contributed by atoms with Crippen LogP contribution in [0.25, 0.3) is 11.3 Å². The molecule has 33 heavy (non-hydrogen) atoms. The van der Waals surface area contributed by atoms with Crippen LogP contribution in [0.15, 0.2) is 53.4 Å². The van der Waals surface area contributed by atoms with Gasteiger partial charge in [0.2, 0.25) is 5.91 Å². The van der Waals surface area contributed by atoms with Crippen LogP contribution in [0.4, 0.5) is 15.9 Å². The third kappa shape index (κ3) is 4.23. The summed E-state index contributed by atoms with van der Waals surface area (Å²) in [5.74, 6) is 0.838. The predicted molar refractivity (Wildman–Crippen MR) is 124 cm³/mol. The first-order valence-electron chi connectivity index (χ1n) is 10.5. The summed E-state index contributed by atoms with van der Waals surface area (Å²) in [5, 5.41) is 3.33. The number of nitrogens with zero attached hydrogens (tertiary/aromatic N) is 3. The lowest BCUT2D eigenvalue weighted by Crippen LogP contribution is -2.53. The smallest absolute Gasteiger partial charge is 0.237 e. The van der Waals surface area contributed by atoms with Crippen LogP contribution in [0.5, 0.6) is 0 Å². The molecule has 1 amide bonds. The van der Waals surface area contributed by atoms with Crippen molar-refractivity contribution in [3.63, 3.8) is 0 Å². The molecule has 1 aromatic heterocycles. The molecule has 3 N–H and O–H groups in total. The number of carbonyl (C=O) groups excluding carboxylic acids is 1. The van der Waals surface area contributed by atoms with Gasteiger partial charge in [0.1, 0.15) is 23.2 Å². The molecular formula is C23H26FN5O3S. The van der Waals surface area contributed by atoms with Crippen molar-refractivity contribution < 1.29 is 17.6 Å². The molecule has 0 aliphatic carbocycles. The number of aromatic nitrogens is 2. The summed E-state index contributed by atoms with van der Waals surface area (Å²) < 4.78 is 39.2. The Hall–Kier alpha value is -3.24. The van der Waals surface area contributed by atoms with E-state index in [1.165, 1.54) is 12.1 Å². The number of fused-ring (bicyclic) bond motifs is 1. The fourth-order valence-corrected chi connectivity index (χ4v) is 4.77. The number of hydrogen-bond donors (Lipinski definition) is 2. The zero-order valence-electron chi connectivity index (χ0n) is 18.7. The molecule has 8 nitrogen and oxygen atoms in total. The number of rotatable bonds is 5. The third-order valence-electron chi connectivity index (χ3n) is 5.88. The van der Waals surface area contributed by atoms with Gasteiger partial charge in [-0.1, -0.05) is 12.1 Å². The first kappa shape index (κ1) is 22.9. The van der Waals surface area contributed by atoms with Crippen molar-refractivity contribution in [2.24, 2.45) is 5.73 Å². The van der Waals surface area contributed by atoms with E-state index in [-0.39, 0.29) is 23.2 Å². The average molecular weight is 472 g/mol. The van der Waals surface area contributed by atoms with Crippen molar-refractivity contribution in [2.45, 2.75) is 30.8 Å². The highest BCUT2D eigenvalue weighted by Crippen LogP contribution is 2.39. The maximum atomic E-state index is 13.4. The second-order valence-electron chi connectivity index (χ2n) is 8.52. The molecule has 0 bridgehead atoms. The van der Waals surface area contributed by atoms with E-state index < -0.39 is 15.4 Å². The molecule has 174 valence electrons. The summed E-state index contributed by atoms with van der Waals surface area (Å²) in [7, 11) is -3.34. The Bertz CT molecular complexity index is 1300. The Balaban J connectivity index is 1.86. The van der Waals surface area contributed by atoms with Crippen LogP contribution in [0, 0.1) is 5.82 Å². The molecule has 10 heteroatoms. The molecule has 1 aliphatic heterocycles. The maximum absolute atomic E-state index is 13.4. The number of benzene rings is 2. The fourth-order valence-electron chi connectivity index (χ4n) is 4.14. The van der Waals surface area contributed by atoms with E-state index in [0.29, 0.717) is 41.7 Å². The highest BCUT2D eigenvalue weighted by Gasteiger charge is 2.41. The van der Waals surface area contributed by atoms with Crippen LogP contribution in [0.1, 0.15) is 19.7 Å². The van der Waals surface area contributed by atoms with E-state index in [2.05, 4.69) is 5.32 Å². The molecule has 2 heterocycles. The number of halogens is 1. The van der Waals surface area contributed by atoms with Gasteiger partial charge in [-0.25, -0.2) is 17.8 Å². The Morgan fingerprint density at radius 2 is 1.76 bits per heavy atom. The first-order chi connectivity index (χ1) is 15.5. The van der Waals surface area contributed by atoms with Crippen molar-refractivity contribution in [1.29, 1.82) is 0 Å². The van der Waals surface area contributed by atoms with Gasteiger partial charge in [-0.15, -0.1) is 0 Å². The Morgan fingerprint density at radius 3 is 2.33 bits per heavy atom. The van der Waals surface area contributed by atoms with E-state index in [9.17, 15) is 17.6 Å². The number of carbonyl (C=O) groups is 1. The molecule has 0 fully saturated rings. The van der Waals surface area contributed by atoms with Gasteiger partial charge in [0.25, 0.3) is 0 Å². The minimum atomic E-state index is -3.34. The van der Waals surface area contributed by atoms with Crippen molar-refractivity contribution in [1.82, 2.24) is 14.5 Å². The second-order valence-corrected chi connectivity index (χ2v) is 10.5. The highest BCUT2D eigenvalue weighted by atomic mass is 32.2. The van der Waals surface area contributed by atoms with Crippen LogP contribution < -0.4 is 11.1 Å². The fraction of sp³-hybridized carbons (Fsp3) is 0.304. The molecule has 0 atom stereocenters. The Morgan fingerprint density at radius 1 is 1.12 bits per heavy atom. The molecule has 0 saturated heterocycles. The standard InChI is InChI=1S/C23H26FN5O3S/c1-23(2)22-27-20(15-4-10-18(11-5-15)33(3,31)32)21(26-17-8-6-16(24)7-9-17)28(22)12-13-29(23)19(30)14-25/h4-11,26H,12-14,25H2,1-3H3. The molecule has 0 spiro atoms. The number of imidazole rings is 1. The van der Waals surface area contributed by atoms with Crippen LogP contribution in [0.2, 0.25) is 0 Å². The summed E-state index contributed by atoms with van der Waals surface area (Å²) in [6.07, 6.45) is 1.16. The van der Waals surface area contributed by atoms with E-state index >= 15 is 0 Å². The lowest BCUT2D eigenvalue weighted by Gasteiger charge is -2.42. The molecule has 1 aliphatic rings. The number of anilines is 2. The predicted octanol–water partition coefficient (Wildman–Crippen LogP) is 2.87. The van der Waals surface area contributed by atoms with Crippen LogP contribution in [0.3, 0.4) is 0 Å². The van der Waals surface area contributed by atoms with Gasteiger partial charge in [0.05, 0.1) is 17.0 Å². The summed E-state index contributed by atoms with van der Waals surface area (Å²) in [6, 6.07) is 12.5. The van der Waals surface area contributed by atoms with E-state index in [4.69, 9.17) is 10.7 Å². The number of amides is 1.